The Morgan fingerprint density at radius 2 is 1.90 bits per heavy atom. The van der Waals surface area contributed by atoms with Gasteiger partial charge in [0.25, 0.3) is 0 Å². The standard InChI is InChI=1S/C15H18N2O4/c16-14(21)15(10-13(19)20)7-4-8-17(15)12(18)9-11-5-2-1-3-6-11/h1-3,5-6H,4,7-10H2,(H2,16,21)(H,19,20). The maximum absolute atomic E-state index is 12.4. The van der Waals surface area contributed by atoms with E-state index in [2.05, 4.69) is 0 Å². The Morgan fingerprint density at radius 1 is 1.24 bits per heavy atom. The molecule has 21 heavy (non-hydrogen) atoms. The zero-order valence-electron chi connectivity index (χ0n) is 11.6. The second-order valence-corrected chi connectivity index (χ2v) is 5.28. The van der Waals surface area contributed by atoms with E-state index in [1.165, 1.54) is 4.90 Å². The molecule has 0 spiro atoms. The van der Waals surface area contributed by atoms with Gasteiger partial charge in [-0.15, -0.1) is 0 Å². The third kappa shape index (κ3) is 3.04. The number of nitrogens with zero attached hydrogens (tertiary/aromatic N) is 1. The molecule has 1 heterocycles. The molecule has 3 N–H and O–H groups in total. The first kappa shape index (κ1) is 15.0. The van der Waals surface area contributed by atoms with Crippen molar-refractivity contribution in [3.8, 4) is 0 Å². The molecule has 1 aromatic carbocycles. The number of aliphatic carboxylic acids is 1. The van der Waals surface area contributed by atoms with Crippen molar-refractivity contribution < 1.29 is 19.5 Å². The van der Waals surface area contributed by atoms with E-state index in [0.717, 1.165) is 5.56 Å². The van der Waals surface area contributed by atoms with Crippen molar-refractivity contribution in [2.75, 3.05) is 6.54 Å². The molecule has 1 aliphatic rings. The molecule has 112 valence electrons. The highest BCUT2D eigenvalue weighted by atomic mass is 16.4. The Kier molecular flexibility index (Phi) is 4.26. The molecule has 6 nitrogen and oxygen atoms in total. The summed E-state index contributed by atoms with van der Waals surface area (Å²) in [5.74, 6) is -2.14. The Hall–Kier alpha value is -2.37. The van der Waals surface area contributed by atoms with E-state index in [0.29, 0.717) is 19.4 Å². The second-order valence-electron chi connectivity index (χ2n) is 5.28. The molecule has 0 radical (unpaired) electrons. The molecule has 2 amide bonds. The van der Waals surface area contributed by atoms with Gasteiger partial charge in [0.15, 0.2) is 0 Å². The Labute approximate surface area is 122 Å². The van der Waals surface area contributed by atoms with E-state index < -0.39 is 23.8 Å². The van der Waals surface area contributed by atoms with Gasteiger partial charge in [0.1, 0.15) is 5.54 Å². The summed E-state index contributed by atoms with van der Waals surface area (Å²) in [6, 6.07) is 9.13. The van der Waals surface area contributed by atoms with Crippen LogP contribution in [0.3, 0.4) is 0 Å². The monoisotopic (exact) mass is 290 g/mol. The fourth-order valence-electron chi connectivity index (χ4n) is 2.89. The molecule has 0 saturated carbocycles. The summed E-state index contributed by atoms with van der Waals surface area (Å²) >= 11 is 0. The lowest BCUT2D eigenvalue weighted by molar-refractivity contribution is -0.150. The van der Waals surface area contributed by atoms with Crippen LogP contribution in [-0.4, -0.2) is 39.9 Å². The Morgan fingerprint density at radius 3 is 2.48 bits per heavy atom. The number of carboxylic acid groups (broad SMARTS) is 1. The van der Waals surface area contributed by atoms with Crippen LogP contribution >= 0.6 is 0 Å². The first-order valence-electron chi connectivity index (χ1n) is 6.82. The van der Waals surface area contributed by atoms with Crippen LogP contribution in [0.2, 0.25) is 0 Å². The van der Waals surface area contributed by atoms with Crippen molar-refractivity contribution in [3.05, 3.63) is 35.9 Å². The number of likely N-dealkylation sites (tertiary alicyclic amines) is 1. The number of carbonyl (C=O) groups excluding carboxylic acids is 2. The molecular weight excluding hydrogens is 272 g/mol. The Balaban J connectivity index is 2.21. The maximum atomic E-state index is 12.4. The molecule has 1 atom stereocenters. The molecule has 1 fully saturated rings. The molecule has 2 rings (SSSR count). The van der Waals surface area contributed by atoms with E-state index in [9.17, 15) is 14.4 Å². The summed E-state index contributed by atoms with van der Waals surface area (Å²) in [5.41, 5.74) is 4.84. The minimum atomic E-state index is -1.39. The highest BCUT2D eigenvalue weighted by molar-refractivity contribution is 5.94. The van der Waals surface area contributed by atoms with Crippen molar-refractivity contribution in [1.82, 2.24) is 4.90 Å². The lowest BCUT2D eigenvalue weighted by Crippen LogP contribution is -2.57. The molecular formula is C15H18N2O4. The fourth-order valence-corrected chi connectivity index (χ4v) is 2.89. The zero-order chi connectivity index (χ0) is 15.5. The van der Waals surface area contributed by atoms with Crippen molar-refractivity contribution in [2.45, 2.75) is 31.2 Å². The van der Waals surface area contributed by atoms with Crippen molar-refractivity contribution in [3.63, 3.8) is 0 Å². The SMILES string of the molecule is NC(=O)C1(CC(=O)O)CCCN1C(=O)Cc1ccccc1. The van der Waals surface area contributed by atoms with E-state index in [1.54, 1.807) is 0 Å². The maximum Gasteiger partial charge on any atom is 0.306 e. The molecule has 1 saturated heterocycles. The second kappa shape index (κ2) is 5.95. The molecule has 1 aliphatic heterocycles. The first-order valence-corrected chi connectivity index (χ1v) is 6.82. The van der Waals surface area contributed by atoms with Crippen molar-refractivity contribution >= 4 is 17.8 Å². The van der Waals surface area contributed by atoms with Crippen LogP contribution in [0.5, 0.6) is 0 Å². The highest BCUT2D eigenvalue weighted by Crippen LogP contribution is 2.33. The zero-order valence-corrected chi connectivity index (χ0v) is 11.6. The van der Waals surface area contributed by atoms with E-state index in [-0.39, 0.29) is 12.3 Å². The molecule has 0 bridgehead atoms. The fraction of sp³-hybridized carbons (Fsp3) is 0.400. The van der Waals surface area contributed by atoms with Crippen LogP contribution in [-0.2, 0) is 20.8 Å². The lowest BCUT2D eigenvalue weighted by atomic mass is 9.90. The molecule has 1 aromatic rings. The predicted octanol–water partition coefficient (Wildman–Crippen LogP) is 0.550. The van der Waals surface area contributed by atoms with Crippen LogP contribution in [0.15, 0.2) is 30.3 Å². The van der Waals surface area contributed by atoms with E-state index in [4.69, 9.17) is 10.8 Å². The van der Waals surface area contributed by atoms with Gasteiger partial charge in [0.05, 0.1) is 12.8 Å². The van der Waals surface area contributed by atoms with Gasteiger partial charge in [-0.25, -0.2) is 0 Å². The van der Waals surface area contributed by atoms with Gasteiger partial charge in [-0.1, -0.05) is 30.3 Å². The number of rotatable bonds is 5. The largest absolute Gasteiger partial charge is 0.481 e. The normalized spacial score (nSPS) is 21.2. The molecule has 6 heteroatoms. The minimum absolute atomic E-state index is 0.134. The number of nitrogens with two attached hydrogens (primary N) is 1. The summed E-state index contributed by atoms with van der Waals surface area (Å²) in [6.45, 7) is 0.363. The number of primary amides is 1. The summed E-state index contributed by atoms with van der Waals surface area (Å²) < 4.78 is 0. The molecule has 1 unspecified atom stereocenters. The van der Waals surface area contributed by atoms with Gasteiger partial charge < -0.3 is 15.7 Å². The smallest absolute Gasteiger partial charge is 0.306 e. The summed E-state index contributed by atoms with van der Waals surface area (Å²) in [7, 11) is 0. The van der Waals surface area contributed by atoms with Gasteiger partial charge in [-0.3, -0.25) is 14.4 Å². The topological polar surface area (TPSA) is 101 Å². The van der Waals surface area contributed by atoms with Crippen molar-refractivity contribution in [2.24, 2.45) is 5.73 Å². The number of carboxylic acids is 1. The van der Waals surface area contributed by atoms with Crippen molar-refractivity contribution in [1.29, 1.82) is 0 Å². The number of hydrogen-bond donors (Lipinski definition) is 2. The average Bonchev–Trinajstić information content (AvgIpc) is 2.84. The molecule has 0 aliphatic carbocycles. The summed E-state index contributed by atoms with van der Waals surface area (Å²) in [4.78, 5) is 36.6. The lowest BCUT2D eigenvalue weighted by Gasteiger charge is -2.34. The number of amides is 2. The van der Waals surface area contributed by atoms with Gasteiger partial charge in [-0.05, 0) is 18.4 Å². The molecule has 0 aromatic heterocycles. The van der Waals surface area contributed by atoms with Crippen LogP contribution in [0.1, 0.15) is 24.8 Å². The van der Waals surface area contributed by atoms with Gasteiger partial charge in [-0.2, -0.15) is 0 Å². The van der Waals surface area contributed by atoms with Gasteiger partial charge in [0.2, 0.25) is 11.8 Å². The van der Waals surface area contributed by atoms with Gasteiger partial charge in [0, 0.05) is 6.54 Å². The van der Waals surface area contributed by atoms with Crippen LogP contribution in [0, 0.1) is 0 Å². The summed E-state index contributed by atoms with van der Waals surface area (Å²) in [6.07, 6.45) is 0.574. The Bertz CT molecular complexity index is 558. The number of hydrogen-bond acceptors (Lipinski definition) is 3. The third-order valence-corrected chi connectivity index (χ3v) is 3.89. The van der Waals surface area contributed by atoms with Crippen LogP contribution < -0.4 is 5.73 Å². The minimum Gasteiger partial charge on any atom is -0.481 e. The van der Waals surface area contributed by atoms with Crippen LogP contribution in [0.25, 0.3) is 0 Å². The highest BCUT2D eigenvalue weighted by Gasteiger charge is 2.49. The van der Waals surface area contributed by atoms with Crippen LogP contribution in [0.4, 0.5) is 0 Å². The number of benzene rings is 1. The summed E-state index contributed by atoms with van der Waals surface area (Å²) in [5, 5.41) is 9.03. The predicted molar refractivity (Wildman–Crippen MR) is 75.3 cm³/mol. The van der Waals surface area contributed by atoms with E-state index in [1.807, 2.05) is 30.3 Å². The van der Waals surface area contributed by atoms with Gasteiger partial charge >= 0.3 is 5.97 Å². The van der Waals surface area contributed by atoms with E-state index >= 15 is 0 Å². The number of carbonyl (C=O) groups is 3. The quantitative estimate of drug-likeness (QED) is 0.827. The average molecular weight is 290 g/mol. The third-order valence-electron chi connectivity index (χ3n) is 3.89. The first-order chi connectivity index (χ1) is 9.95.